The van der Waals surface area contributed by atoms with Gasteiger partial charge in [0.25, 0.3) is 5.97 Å². The van der Waals surface area contributed by atoms with Crippen LogP contribution in [0.2, 0.25) is 0 Å². The molecule has 0 heterocycles. The number of aliphatic hydroxyl groups is 3. The van der Waals surface area contributed by atoms with Gasteiger partial charge in [-0.2, -0.15) is 0 Å². The Morgan fingerprint density at radius 3 is 2.00 bits per heavy atom. The first-order valence-corrected chi connectivity index (χ1v) is 2.23. The maximum atomic E-state index is 8.17. The highest BCUT2D eigenvalue weighted by Gasteiger charge is 2.15. The lowest BCUT2D eigenvalue weighted by Crippen LogP contribution is -2.39. The number of rotatable bonds is 3. The molecule has 0 atom stereocenters. The lowest BCUT2D eigenvalue weighted by molar-refractivity contribution is -0.306. The Bertz CT molecular complexity index is 58.8. The fourth-order valence-corrected chi connectivity index (χ4v) is 0.256. The molecule has 0 saturated carbocycles. The van der Waals surface area contributed by atoms with Gasteiger partial charge in [0, 0.05) is 0 Å². The van der Waals surface area contributed by atoms with Crippen molar-refractivity contribution in [1.29, 1.82) is 0 Å². The Hall–Kier alpha value is -0.160. The van der Waals surface area contributed by atoms with Crippen LogP contribution in [-0.2, 0) is 0 Å². The van der Waals surface area contributed by atoms with Crippen molar-refractivity contribution in [3.05, 3.63) is 6.92 Å². The number of hydrogen-bond donors (Lipinski definition) is 4. The van der Waals surface area contributed by atoms with Gasteiger partial charge in [0.15, 0.2) is 0 Å². The first kappa shape index (κ1) is 7.84. The molecule has 0 aliphatic rings. The highest BCUT2D eigenvalue weighted by Crippen LogP contribution is 1.85. The maximum Gasteiger partial charge on any atom is 0.288 e. The van der Waals surface area contributed by atoms with Crippen molar-refractivity contribution in [2.24, 2.45) is 0 Å². The van der Waals surface area contributed by atoms with Gasteiger partial charge in [0.2, 0.25) is 0 Å². The third-order valence-corrected chi connectivity index (χ3v) is 0.539. The molecule has 0 spiro atoms. The van der Waals surface area contributed by atoms with E-state index in [0.29, 0.717) is 6.54 Å². The summed E-state index contributed by atoms with van der Waals surface area (Å²) in [7, 11) is 0. The summed E-state index contributed by atoms with van der Waals surface area (Å²) in [5.74, 6) is -2.60. The molecule has 0 saturated heterocycles. The van der Waals surface area contributed by atoms with Crippen LogP contribution in [0.3, 0.4) is 0 Å². The van der Waals surface area contributed by atoms with Crippen LogP contribution in [0, 0.1) is 6.92 Å². The third kappa shape index (κ3) is 5.84. The predicted octanol–water partition coefficient (Wildman–Crippen LogP) is -1.96. The molecule has 0 unspecified atom stereocenters. The minimum atomic E-state index is -2.60. The molecule has 0 fully saturated rings. The molecule has 0 bridgehead atoms. The molecule has 0 aromatic heterocycles. The third-order valence-electron chi connectivity index (χ3n) is 0.539. The summed E-state index contributed by atoms with van der Waals surface area (Å²) in [6, 6.07) is 0. The summed E-state index contributed by atoms with van der Waals surface area (Å²) in [5.41, 5.74) is 0. The molecule has 1 radical (unpaired) electrons. The molecule has 0 rings (SSSR count). The summed E-state index contributed by atoms with van der Waals surface area (Å²) in [6.45, 7) is 3.41. The lowest BCUT2D eigenvalue weighted by Gasteiger charge is -2.12. The van der Waals surface area contributed by atoms with Crippen molar-refractivity contribution in [2.75, 3.05) is 13.1 Å². The smallest absolute Gasteiger partial charge is 0.288 e. The van der Waals surface area contributed by atoms with E-state index in [1.807, 2.05) is 0 Å². The Morgan fingerprint density at radius 2 is 1.88 bits per heavy atom. The molecule has 0 aromatic carbocycles. The summed E-state index contributed by atoms with van der Waals surface area (Å²) in [6.07, 6.45) is 0. The van der Waals surface area contributed by atoms with E-state index < -0.39 is 5.97 Å². The molecule has 49 valence electrons. The fourth-order valence-electron chi connectivity index (χ4n) is 0.256. The average Bonchev–Trinajstić information content (AvgIpc) is 1.59. The molecule has 0 aliphatic heterocycles. The van der Waals surface area contributed by atoms with E-state index in [-0.39, 0.29) is 6.54 Å². The summed E-state index contributed by atoms with van der Waals surface area (Å²) in [5, 5.41) is 26.9. The van der Waals surface area contributed by atoms with Crippen LogP contribution in [0.1, 0.15) is 0 Å². The van der Waals surface area contributed by atoms with Crippen molar-refractivity contribution < 1.29 is 15.3 Å². The van der Waals surface area contributed by atoms with Crippen LogP contribution in [0.25, 0.3) is 0 Å². The van der Waals surface area contributed by atoms with Crippen molar-refractivity contribution in [3.63, 3.8) is 0 Å². The lowest BCUT2D eigenvalue weighted by atomic mass is 10.5. The monoisotopic (exact) mass is 120 g/mol. The topological polar surface area (TPSA) is 72.7 Å². The van der Waals surface area contributed by atoms with Gasteiger partial charge in [-0.05, 0) is 13.5 Å². The first-order valence-electron chi connectivity index (χ1n) is 2.23. The normalized spacial score (nSPS) is 12.0. The zero-order chi connectivity index (χ0) is 6.62. The zero-order valence-corrected chi connectivity index (χ0v) is 4.46. The van der Waals surface area contributed by atoms with Crippen LogP contribution in [0.4, 0.5) is 0 Å². The predicted molar refractivity (Wildman–Crippen MR) is 27.6 cm³/mol. The van der Waals surface area contributed by atoms with Gasteiger partial charge in [-0.3, -0.25) is 0 Å². The van der Waals surface area contributed by atoms with Crippen molar-refractivity contribution in [2.45, 2.75) is 5.97 Å². The van der Waals surface area contributed by atoms with Crippen LogP contribution in [0.15, 0.2) is 0 Å². The molecule has 8 heavy (non-hydrogen) atoms. The summed E-state index contributed by atoms with van der Waals surface area (Å²) < 4.78 is 0. The quantitative estimate of drug-likeness (QED) is 0.326. The molecule has 0 amide bonds. The highest BCUT2D eigenvalue weighted by atomic mass is 16.7. The van der Waals surface area contributed by atoms with Crippen molar-refractivity contribution >= 4 is 0 Å². The molecule has 0 aromatic rings. The van der Waals surface area contributed by atoms with Crippen LogP contribution < -0.4 is 5.32 Å². The second-order valence-corrected chi connectivity index (χ2v) is 1.45. The van der Waals surface area contributed by atoms with E-state index in [1.54, 1.807) is 0 Å². The van der Waals surface area contributed by atoms with Gasteiger partial charge in [0.05, 0.1) is 6.54 Å². The molecule has 4 N–H and O–H groups in total. The van der Waals surface area contributed by atoms with Crippen LogP contribution in [-0.4, -0.2) is 34.4 Å². The van der Waals surface area contributed by atoms with Gasteiger partial charge in [-0.15, -0.1) is 0 Å². The summed E-state index contributed by atoms with van der Waals surface area (Å²) >= 11 is 0. The average molecular weight is 120 g/mol. The van der Waals surface area contributed by atoms with Crippen LogP contribution in [0.5, 0.6) is 0 Å². The number of nitrogens with one attached hydrogen (secondary N) is 1. The van der Waals surface area contributed by atoms with Gasteiger partial charge < -0.3 is 20.6 Å². The molecule has 4 nitrogen and oxygen atoms in total. The van der Waals surface area contributed by atoms with Gasteiger partial charge in [-0.25, -0.2) is 0 Å². The van der Waals surface area contributed by atoms with Gasteiger partial charge in [-0.1, -0.05) is 0 Å². The molecule has 0 aliphatic carbocycles. The largest absolute Gasteiger partial charge is 0.343 e. The van der Waals surface area contributed by atoms with E-state index in [4.69, 9.17) is 15.3 Å². The molecular weight excluding hydrogens is 110 g/mol. The van der Waals surface area contributed by atoms with E-state index in [0.717, 1.165) is 0 Å². The fraction of sp³-hybridized carbons (Fsp3) is 0.750. The van der Waals surface area contributed by atoms with E-state index >= 15 is 0 Å². The minimum Gasteiger partial charge on any atom is -0.343 e. The van der Waals surface area contributed by atoms with Gasteiger partial charge in [0.1, 0.15) is 0 Å². The van der Waals surface area contributed by atoms with E-state index in [9.17, 15) is 0 Å². The first-order chi connectivity index (χ1) is 3.56. The SMILES string of the molecule is [CH2]CNCC(O)(O)O. The molecule has 4 heteroatoms. The van der Waals surface area contributed by atoms with Crippen LogP contribution >= 0.6 is 0 Å². The second kappa shape index (κ2) is 2.99. The Labute approximate surface area is 47.8 Å². The van der Waals surface area contributed by atoms with E-state index in [1.165, 1.54) is 0 Å². The minimum absolute atomic E-state index is 0.281. The van der Waals surface area contributed by atoms with Gasteiger partial charge >= 0.3 is 0 Å². The Kier molecular flexibility index (Phi) is 2.93. The molecular formula is C4H10NO3. The maximum absolute atomic E-state index is 8.17. The standard InChI is InChI=1S/C4H10NO3/c1-2-5-3-4(6,7)8/h5-8H,1-3H2. The summed E-state index contributed by atoms with van der Waals surface area (Å²) in [4.78, 5) is 0. The van der Waals surface area contributed by atoms with Crippen molar-refractivity contribution in [1.82, 2.24) is 5.32 Å². The Balaban J connectivity index is 3.11. The highest BCUT2D eigenvalue weighted by molar-refractivity contribution is 4.53. The van der Waals surface area contributed by atoms with E-state index in [2.05, 4.69) is 12.2 Å². The number of hydrogen-bond acceptors (Lipinski definition) is 4. The van der Waals surface area contributed by atoms with Crippen molar-refractivity contribution in [3.8, 4) is 0 Å². The zero-order valence-electron chi connectivity index (χ0n) is 4.46. The second-order valence-electron chi connectivity index (χ2n) is 1.45. The Morgan fingerprint density at radius 1 is 1.38 bits per heavy atom.